The molecule has 0 radical (unpaired) electrons. The molecule has 0 spiro atoms. The highest BCUT2D eigenvalue weighted by molar-refractivity contribution is 5.85. The van der Waals surface area contributed by atoms with Crippen LogP contribution in [0.2, 0.25) is 0 Å². The molecule has 19 heavy (non-hydrogen) atoms. The Bertz CT molecular complexity index is 342. The number of aryl methyl sites for hydroxylation is 1. The number of rotatable bonds is 5. The molecule has 2 nitrogen and oxygen atoms in total. The Balaban J connectivity index is 0.00000180. The SMILES string of the molecule is CCc1ccc(CN2CCC(CNC)CC2)cc1.Cl. The van der Waals surface area contributed by atoms with Crippen molar-refractivity contribution in [3.8, 4) is 0 Å². The summed E-state index contributed by atoms with van der Waals surface area (Å²) in [5, 5.41) is 3.30. The summed E-state index contributed by atoms with van der Waals surface area (Å²) in [5.41, 5.74) is 2.89. The first-order valence-corrected chi connectivity index (χ1v) is 7.26. The standard InChI is InChI=1S/C16H26N2.ClH/c1-3-14-4-6-16(7-5-14)13-18-10-8-15(9-11-18)12-17-2;/h4-7,15,17H,3,8-13H2,1-2H3;1H. The molecule has 1 N–H and O–H groups in total. The first-order valence-electron chi connectivity index (χ1n) is 7.26. The summed E-state index contributed by atoms with van der Waals surface area (Å²) >= 11 is 0. The van der Waals surface area contributed by atoms with Crippen LogP contribution < -0.4 is 5.32 Å². The molecule has 0 atom stereocenters. The van der Waals surface area contributed by atoms with Gasteiger partial charge in [-0.1, -0.05) is 31.2 Å². The van der Waals surface area contributed by atoms with E-state index in [2.05, 4.69) is 48.5 Å². The van der Waals surface area contributed by atoms with Gasteiger partial charge in [0.25, 0.3) is 0 Å². The van der Waals surface area contributed by atoms with Crippen LogP contribution in [0.4, 0.5) is 0 Å². The van der Waals surface area contributed by atoms with Crippen molar-refractivity contribution in [3.63, 3.8) is 0 Å². The van der Waals surface area contributed by atoms with Gasteiger partial charge >= 0.3 is 0 Å². The number of piperidine rings is 1. The number of halogens is 1. The maximum Gasteiger partial charge on any atom is 0.0233 e. The molecule has 0 amide bonds. The summed E-state index contributed by atoms with van der Waals surface area (Å²) in [5.74, 6) is 0.883. The van der Waals surface area contributed by atoms with Crippen LogP contribution >= 0.6 is 12.4 Å². The van der Waals surface area contributed by atoms with Crippen molar-refractivity contribution in [2.45, 2.75) is 32.7 Å². The van der Waals surface area contributed by atoms with Crippen molar-refractivity contribution in [2.75, 3.05) is 26.7 Å². The van der Waals surface area contributed by atoms with Crippen LogP contribution in [0.25, 0.3) is 0 Å². The average Bonchev–Trinajstić information content (AvgIpc) is 2.42. The topological polar surface area (TPSA) is 15.3 Å². The van der Waals surface area contributed by atoms with Crippen molar-refractivity contribution in [3.05, 3.63) is 35.4 Å². The molecule has 1 aliphatic rings. The molecule has 3 heteroatoms. The van der Waals surface area contributed by atoms with Gasteiger partial charge in [0, 0.05) is 6.54 Å². The van der Waals surface area contributed by atoms with Crippen LogP contribution in [-0.2, 0) is 13.0 Å². The minimum Gasteiger partial charge on any atom is -0.319 e. The molecule has 0 unspecified atom stereocenters. The number of nitrogens with one attached hydrogen (secondary N) is 1. The number of benzene rings is 1. The van der Waals surface area contributed by atoms with Crippen LogP contribution in [0.1, 0.15) is 30.9 Å². The first kappa shape index (κ1) is 16.5. The third kappa shape index (κ3) is 5.13. The van der Waals surface area contributed by atoms with E-state index in [9.17, 15) is 0 Å². The van der Waals surface area contributed by atoms with E-state index in [4.69, 9.17) is 0 Å². The fourth-order valence-electron chi connectivity index (χ4n) is 2.78. The van der Waals surface area contributed by atoms with E-state index in [1.807, 2.05) is 0 Å². The lowest BCUT2D eigenvalue weighted by Gasteiger charge is -2.31. The molecule has 108 valence electrons. The second-order valence-corrected chi connectivity index (χ2v) is 5.45. The van der Waals surface area contributed by atoms with Gasteiger partial charge in [0.15, 0.2) is 0 Å². The molecule has 1 saturated heterocycles. The molecule has 1 heterocycles. The molecule has 1 aromatic carbocycles. The zero-order chi connectivity index (χ0) is 12.8. The number of hydrogen-bond acceptors (Lipinski definition) is 2. The summed E-state index contributed by atoms with van der Waals surface area (Å²) in [6, 6.07) is 9.11. The molecule has 2 rings (SSSR count). The Morgan fingerprint density at radius 2 is 1.68 bits per heavy atom. The average molecular weight is 283 g/mol. The van der Waals surface area contributed by atoms with E-state index in [1.54, 1.807) is 0 Å². The third-order valence-corrected chi connectivity index (χ3v) is 4.04. The van der Waals surface area contributed by atoms with Gasteiger partial charge in [0.1, 0.15) is 0 Å². The zero-order valence-electron chi connectivity index (χ0n) is 12.2. The van der Waals surface area contributed by atoms with Gasteiger partial charge < -0.3 is 5.32 Å². The molecule has 0 aromatic heterocycles. The lowest BCUT2D eigenvalue weighted by molar-refractivity contribution is 0.177. The molecular weight excluding hydrogens is 256 g/mol. The predicted molar refractivity (Wildman–Crippen MR) is 85.0 cm³/mol. The minimum atomic E-state index is 0. The fourth-order valence-corrected chi connectivity index (χ4v) is 2.78. The van der Waals surface area contributed by atoms with Crippen LogP contribution in [0, 0.1) is 5.92 Å². The zero-order valence-corrected chi connectivity index (χ0v) is 13.0. The summed E-state index contributed by atoms with van der Waals surface area (Å²) in [6.45, 7) is 7.01. The first-order chi connectivity index (χ1) is 8.81. The Kier molecular flexibility index (Phi) is 7.44. The van der Waals surface area contributed by atoms with Crippen molar-refractivity contribution in [1.82, 2.24) is 10.2 Å². The van der Waals surface area contributed by atoms with Gasteiger partial charge in [0.2, 0.25) is 0 Å². The second-order valence-electron chi connectivity index (χ2n) is 5.45. The smallest absolute Gasteiger partial charge is 0.0233 e. The quantitative estimate of drug-likeness (QED) is 0.893. The minimum absolute atomic E-state index is 0. The number of nitrogens with zero attached hydrogens (tertiary/aromatic N) is 1. The summed E-state index contributed by atoms with van der Waals surface area (Å²) in [7, 11) is 2.06. The molecule has 0 saturated carbocycles. The van der Waals surface area contributed by atoms with Crippen LogP contribution in [0.3, 0.4) is 0 Å². The molecule has 1 fully saturated rings. The van der Waals surface area contributed by atoms with E-state index < -0.39 is 0 Å². The fraction of sp³-hybridized carbons (Fsp3) is 0.625. The van der Waals surface area contributed by atoms with Gasteiger partial charge in [-0.2, -0.15) is 0 Å². The second kappa shape index (κ2) is 8.57. The van der Waals surface area contributed by atoms with E-state index in [0.717, 1.165) is 18.9 Å². The van der Waals surface area contributed by atoms with E-state index in [-0.39, 0.29) is 12.4 Å². The van der Waals surface area contributed by atoms with Gasteiger partial charge in [-0.05, 0) is 63.0 Å². The van der Waals surface area contributed by atoms with E-state index in [1.165, 1.54) is 43.6 Å². The number of hydrogen-bond donors (Lipinski definition) is 1. The molecule has 1 aromatic rings. The van der Waals surface area contributed by atoms with Gasteiger partial charge in [-0.25, -0.2) is 0 Å². The van der Waals surface area contributed by atoms with Crippen LogP contribution in [-0.4, -0.2) is 31.6 Å². The summed E-state index contributed by atoms with van der Waals surface area (Å²) < 4.78 is 0. The Morgan fingerprint density at radius 3 is 2.21 bits per heavy atom. The number of likely N-dealkylation sites (tertiary alicyclic amines) is 1. The summed E-state index contributed by atoms with van der Waals surface area (Å²) in [6.07, 6.45) is 3.82. The highest BCUT2D eigenvalue weighted by Crippen LogP contribution is 2.18. The Morgan fingerprint density at radius 1 is 1.11 bits per heavy atom. The van der Waals surface area contributed by atoms with Gasteiger partial charge in [-0.3, -0.25) is 4.90 Å². The summed E-state index contributed by atoms with van der Waals surface area (Å²) in [4.78, 5) is 2.59. The van der Waals surface area contributed by atoms with Gasteiger partial charge in [-0.15, -0.1) is 12.4 Å². The maximum atomic E-state index is 3.30. The molecule has 0 aliphatic carbocycles. The van der Waals surface area contributed by atoms with Crippen molar-refractivity contribution >= 4 is 12.4 Å². The highest BCUT2D eigenvalue weighted by Gasteiger charge is 2.18. The monoisotopic (exact) mass is 282 g/mol. The lowest BCUT2D eigenvalue weighted by atomic mass is 9.96. The Hall–Kier alpha value is -0.570. The largest absolute Gasteiger partial charge is 0.319 e. The Labute approximate surface area is 124 Å². The molecule has 1 aliphatic heterocycles. The van der Waals surface area contributed by atoms with Crippen molar-refractivity contribution < 1.29 is 0 Å². The molecular formula is C16H27ClN2. The van der Waals surface area contributed by atoms with E-state index in [0.29, 0.717) is 0 Å². The van der Waals surface area contributed by atoms with Crippen LogP contribution in [0.5, 0.6) is 0 Å². The normalized spacial score (nSPS) is 17.2. The van der Waals surface area contributed by atoms with Crippen molar-refractivity contribution in [2.24, 2.45) is 5.92 Å². The van der Waals surface area contributed by atoms with E-state index >= 15 is 0 Å². The predicted octanol–water partition coefficient (Wildman–Crippen LogP) is 3.10. The third-order valence-electron chi connectivity index (χ3n) is 4.04. The lowest BCUT2D eigenvalue weighted by Crippen LogP contribution is -2.36. The van der Waals surface area contributed by atoms with Crippen LogP contribution in [0.15, 0.2) is 24.3 Å². The highest BCUT2D eigenvalue weighted by atomic mass is 35.5. The molecule has 0 bridgehead atoms. The van der Waals surface area contributed by atoms with Gasteiger partial charge in [0.05, 0.1) is 0 Å². The maximum absolute atomic E-state index is 3.30. The van der Waals surface area contributed by atoms with Crippen molar-refractivity contribution in [1.29, 1.82) is 0 Å².